The summed E-state index contributed by atoms with van der Waals surface area (Å²) in [6, 6.07) is 5.61. The lowest BCUT2D eigenvalue weighted by Crippen LogP contribution is -2.22. The van der Waals surface area contributed by atoms with E-state index in [-0.39, 0.29) is 11.7 Å². The highest BCUT2D eigenvalue weighted by Crippen LogP contribution is 2.34. The molecule has 1 saturated carbocycles. The number of carbonyl (C=O) groups is 1. The van der Waals surface area contributed by atoms with Gasteiger partial charge in [0.25, 0.3) is 0 Å². The summed E-state index contributed by atoms with van der Waals surface area (Å²) >= 11 is 3.48. The summed E-state index contributed by atoms with van der Waals surface area (Å²) in [4.78, 5) is 12.6. The first-order valence-corrected chi connectivity index (χ1v) is 7.82. The summed E-state index contributed by atoms with van der Waals surface area (Å²) in [5.41, 5.74) is 0.763. The normalized spacial score (nSPS) is 23.1. The number of ether oxygens (including phenoxy) is 1. The van der Waals surface area contributed by atoms with E-state index >= 15 is 0 Å². The van der Waals surface area contributed by atoms with Gasteiger partial charge < -0.3 is 4.74 Å². The molecule has 0 N–H and O–H groups in total. The summed E-state index contributed by atoms with van der Waals surface area (Å²) in [5, 5.41) is 0. The van der Waals surface area contributed by atoms with Gasteiger partial charge in [0.2, 0.25) is 0 Å². The average Bonchev–Trinajstić information content (AvgIpc) is 2.47. The van der Waals surface area contributed by atoms with E-state index < -0.39 is 0 Å². The van der Waals surface area contributed by atoms with Crippen LogP contribution in [0.5, 0.6) is 5.75 Å². The second kappa shape index (κ2) is 6.56. The number of carbonyl (C=O) groups excluding carboxylic acids is 1. The molecular formula is C16H21BrO2. The molecule has 0 saturated heterocycles. The maximum atomic E-state index is 12.6. The van der Waals surface area contributed by atoms with Gasteiger partial charge in [-0.05, 0) is 49.8 Å². The number of methoxy groups -OCH3 is 1. The van der Waals surface area contributed by atoms with Crippen molar-refractivity contribution in [2.24, 2.45) is 11.8 Å². The fourth-order valence-electron chi connectivity index (χ4n) is 2.87. The second-order valence-electron chi connectivity index (χ2n) is 5.34. The maximum absolute atomic E-state index is 12.6. The number of rotatable bonds is 4. The molecule has 0 spiro atoms. The highest BCUT2D eigenvalue weighted by Gasteiger charge is 2.27. The van der Waals surface area contributed by atoms with Gasteiger partial charge in [-0.1, -0.05) is 29.3 Å². The third-order valence-electron chi connectivity index (χ3n) is 4.23. The largest absolute Gasteiger partial charge is 0.497 e. The van der Waals surface area contributed by atoms with E-state index in [2.05, 4.69) is 22.9 Å². The van der Waals surface area contributed by atoms with E-state index in [1.807, 2.05) is 18.2 Å². The number of ketones is 1. The fraction of sp³-hybridized carbons (Fsp3) is 0.562. The molecule has 1 aliphatic rings. The molecule has 0 atom stereocenters. The number of benzene rings is 1. The zero-order valence-corrected chi connectivity index (χ0v) is 13.2. The van der Waals surface area contributed by atoms with Crippen LogP contribution in [-0.2, 0) is 0 Å². The van der Waals surface area contributed by atoms with Gasteiger partial charge in [-0.3, -0.25) is 4.79 Å². The molecule has 0 bridgehead atoms. The molecule has 19 heavy (non-hydrogen) atoms. The third-order valence-corrected chi connectivity index (χ3v) is 4.93. The van der Waals surface area contributed by atoms with Crippen LogP contribution in [0.15, 0.2) is 22.7 Å². The Kier molecular flexibility index (Phi) is 5.03. The van der Waals surface area contributed by atoms with Crippen LogP contribution in [0, 0.1) is 11.8 Å². The third kappa shape index (κ3) is 3.38. The standard InChI is InChI=1S/C16H21BrO2/c1-3-11-4-6-12(7-5-11)16(18)14-10-13(19-2)8-9-15(14)17/h8-12H,3-7H2,1-2H3. The van der Waals surface area contributed by atoms with Crippen molar-refractivity contribution < 1.29 is 9.53 Å². The van der Waals surface area contributed by atoms with Gasteiger partial charge in [0, 0.05) is 16.0 Å². The Balaban J connectivity index is 2.11. The Morgan fingerprint density at radius 3 is 2.58 bits per heavy atom. The van der Waals surface area contributed by atoms with Gasteiger partial charge in [0.05, 0.1) is 7.11 Å². The molecular weight excluding hydrogens is 304 g/mol. The van der Waals surface area contributed by atoms with E-state index in [1.54, 1.807) is 7.11 Å². The predicted molar refractivity (Wildman–Crippen MR) is 80.8 cm³/mol. The van der Waals surface area contributed by atoms with Crippen molar-refractivity contribution >= 4 is 21.7 Å². The van der Waals surface area contributed by atoms with Crippen LogP contribution in [0.2, 0.25) is 0 Å². The smallest absolute Gasteiger partial charge is 0.167 e. The molecule has 2 nitrogen and oxygen atoms in total. The van der Waals surface area contributed by atoms with Gasteiger partial charge in [0.15, 0.2) is 5.78 Å². The summed E-state index contributed by atoms with van der Waals surface area (Å²) in [6.45, 7) is 2.24. The summed E-state index contributed by atoms with van der Waals surface area (Å²) in [7, 11) is 1.63. The molecule has 0 heterocycles. The molecule has 0 radical (unpaired) electrons. The summed E-state index contributed by atoms with van der Waals surface area (Å²) < 4.78 is 6.08. The van der Waals surface area contributed by atoms with Crippen LogP contribution >= 0.6 is 15.9 Å². The minimum atomic E-state index is 0.186. The lowest BCUT2D eigenvalue weighted by molar-refractivity contribution is 0.0870. The van der Waals surface area contributed by atoms with Gasteiger partial charge in [0.1, 0.15) is 5.75 Å². The molecule has 1 fully saturated rings. The molecule has 3 heteroatoms. The van der Waals surface area contributed by atoms with Crippen molar-refractivity contribution in [3.63, 3.8) is 0 Å². The Labute approximate surface area is 123 Å². The Hall–Kier alpha value is -0.830. The Morgan fingerprint density at radius 1 is 1.32 bits per heavy atom. The van der Waals surface area contributed by atoms with Gasteiger partial charge in [-0.15, -0.1) is 0 Å². The molecule has 0 aliphatic heterocycles. The van der Waals surface area contributed by atoms with Crippen LogP contribution in [0.3, 0.4) is 0 Å². The monoisotopic (exact) mass is 324 g/mol. The highest BCUT2D eigenvalue weighted by molar-refractivity contribution is 9.10. The van der Waals surface area contributed by atoms with Crippen LogP contribution in [-0.4, -0.2) is 12.9 Å². The van der Waals surface area contributed by atoms with Crippen LogP contribution in [0.4, 0.5) is 0 Å². The fourth-order valence-corrected chi connectivity index (χ4v) is 3.32. The Morgan fingerprint density at radius 2 is 2.00 bits per heavy atom. The molecule has 0 unspecified atom stereocenters. The number of hydrogen-bond donors (Lipinski definition) is 0. The molecule has 1 aliphatic carbocycles. The van der Waals surface area contributed by atoms with Crippen molar-refractivity contribution in [2.75, 3.05) is 7.11 Å². The van der Waals surface area contributed by atoms with Gasteiger partial charge >= 0.3 is 0 Å². The van der Waals surface area contributed by atoms with Crippen LogP contribution < -0.4 is 4.74 Å². The lowest BCUT2D eigenvalue weighted by atomic mass is 9.78. The topological polar surface area (TPSA) is 26.3 Å². The molecule has 0 aromatic heterocycles. The summed E-state index contributed by atoms with van der Waals surface area (Å²) in [6.07, 6.45) is 5.68. The first-order valence-electron chi connectivity index (χ1n) is 7.03. The minimum absolute atomic E-state index is 0.186. The highest BCUT2D eigenvalue weighted by atomic mass is 79.9. The SMILES string of the molecule is CCC1CCC(C(=O)c2cc(OC)ccc2Br)CC1. The number of hydrogen-bond acceptors (Lipinski definition) is 2. The van der Waals surface area contributed by atoms with Crippen molar-refractivity contribution in [3.8, 4) is 5.75 Å². The minimum Gasteiger partial charge on any atom is -0.497 e. The van der Waals surface area contributed by atoms with Crippen molar-refractivity contribution in [1.82, 2.24) is 0 Å². The average molecular weight is 325 g/mol. The maximum Gasteiger partial charge on any atom is 0.167 e. The van der Waals surface area contributed by atoms with E-state index in [1.165, 1.54) is 19.3 Å². The van der Waals surface area contributed by atoms with E-state index in [4.69, 9.17) is 4.74 Å². The lowest BCUT2D eigenvalue weighted by Gasteiger charge is -2.27. The van der Waals surface area contributed by atoms with E-state index in [0.717, 1.165) is 34.5 Å². The van der Waals surface area contributed by atoms with Crippen molar-refractivity contribution in [3.05, 3.63) is 28.2 Å². The van der Waals surface area contributed by atoms with E-state index in [9.17, 15) is 4.79 Å². The first-order chi connectivity index (χ1) is 9.15. The zero-order chi connectivity index (χ0) is 13.8. The molecule has 0 amide bonds. The van der Waals surface area contributed by atoms with Crippen molar-refractivity contribution in [1.29, 1.82) is 0 Å². The van der Waals surface area contributed by atoms with Gasteiger partial charge in [-0.25, -0.2) is 0 Å². The summed E-state index contributed by atoms with van der Waals surface area (Å²) in [5.74, 6) is 2.01. The van der Waals surface area contributed by atoms with Crippen LogP contribution in [0.1, 0.15) is 49.4 Å². The molecule has 104 valence electrons. The van der Waals surface area contributed by atoms with E-state index in [0.29, 0.717) is 0 Å². The van der Waals surface area contributed by atoms with Crippen molar-refractivity contribution in [2.45, 2.75) is 39.0 Å². The predicted octanol–water partition coefficient (Wildman–Crippen LogP) is 4.86. The molecule has 2 rings (SSSR count). The zero-order valence-electron chi connectivity index (χ0n) is 11.6. The molecule has 1 aromatic carbocycles. The Bertz CT molecular complexity index is 448. The quantitative estimate of drug-likeness (QED) is 0.739. The van der Waals surface area contributed by atoms with Crippen LogP contribution in [0.25, 0.3) is 0 Å². The first kappa shape index (κ1) is 14.6. The number of halogens is 1. The molecule has 1 aromatic rings. The number of Topliss-reactive ketones (excluding diaryl/α,β-unsaturated/α-hetero) is 1. The van der Waals surface area contributed by atoms with Gasteiger partial charge in [-0.2, -0.15) is 0 Å². The second-order valence-corrected chi connectivity index (χ2v) is 6.19.